The van der Waals surface area contributed by atoms with Crippen LogP contribution < -0.4 is 21.1 Å². The number of aliphatic hydroxyl groups is 18. The number of nitrogens with one attached hydrogen (secondary N) is 3. The van der Waals surface area contributed by atoms with Crippen LogP contribution in [-0.4, -0.2) is 390 Å². The van der Waals surface area contributed by atoms with Gasteiger partial charge in [0.05, 0.1) is 57.4 Å². The van der Waals surface area contributed by atoms with Gasteiger partial charge in [-0.05, 0) is 41.0 Å². The van der Waals surface area contributed by atoms with Crippen molar-refractivity contribution < 1.29 is 182 Å². The summed E-state index contributed by atoms with van der Waals surface area (Å²) >= 11 is 0. The molecule has 0 spiro atoms. The van der Waals surface area contributed by atoms with Gasteiger partial charge in [0.1, 0.15) is 145 Å². The van der Waals surface area contributed by atoms with E-state index in [9.17, 15) is 111 Å². The molecule has 6 fully saturated rings. The maximum Gasteiger partial charge on any atom is 0.217 e. The quantitative estimate of drug-likeness (QED) is 0.0287. The van der Waals surface area contributed by atoms with Gasteiger partial charge in [0, 0.05) is 60.3 Å². The van der Waals surface area contributed by atoms with Crippen LogP contribution in [0.2, 0.25) is 0 Å². The van der Waals surface area contributed by atoms with Crippen LogP contribution in [0.4, 0.5) is 0 Å². The van der Waals surface area contributed by atoms with E-state index < -0.39 is 283 Å². The molecule has 40 heteroatoms. The molecule has 40 nitrogen and oxygen atoms in total. The van der Waals surface area contributed by atoms with Crippen LogP contribution in [0.25, 0.3) is 0 Å². The molecule has 6 heterocycles. The first-order valence-corrected chi connectivity index (χ1v) is 31.3. The number of methoxy groups -OCH3 is 3. The molecular formula is C57H100N3O37-. The van der Waals surface area contributed by atoms with Crippen molar-refractivity contribution in [2.24, 2.45) is 0 Å². The Morgan fingerprint density at radius 1 is 0.588 bits per heavy atom. The molecule has 6 aliphatic rings. The van der Waals surface area contributed by atoms with Gasteiger partial charge in [0.2, 0.25) is 17.6 Å². The van der Waals surface area contributed by atoms with Crippen molar-refractivity contribution in [3.63, 3.8) is 0 Å². The van der Waals surface area contributed by atoms with Gasteiger partial charge in [-0.15, -0.1) is 0 Å². The van der Waals surface area contributed by atoms with Gasteiger partial charge in [0.25, 0.3) is 0 Å². The van der Waals surface area contributed by atoms with Gasteiger partial charge >= 0.3 is 0 Å². The van der Waals surface area contributed by atoms with E-state index in [4.69, 9.17) is 71.1 Å². The number of carbonyl (C=O) groups excluding carboxylic acids is 3. The number of carboxylic acid groups (broad SMARTS) is 1. The fraction of sp³-hybridized carbons (Fsp3) is 0.947. The molecule has 21 N–H and O–H groups in total. The van der Waals surface area contributed by atoms with Gasteiger partial charge < -0.3 is 189 Å². The summed E-state index contributed by atoms with van der Waals surface area (Å²) in [7, 11) is 3.35. The average molecular weight is 1420 g/mol. The number of rotatable bonds is 31. The highest BCUT2D eigenvalue weighted by atomic mass is 16.8. The number of hydrogen-bond acceptors (Lipinski definition) is 38. The highest BCUT2D eigenvalue weighted by molar-refractivity contribution is 5.75. The first-order chi connectivity index (χ1) is 45.4. The lowest BCUT2D eigenvalue weighted by Crippen LogP contribution is -2.73. The fourth-order valence-electron chi connectivity index (χ4n) is 12.6. The summed E-state index contributed by atoms with van der Waals surface area (Å²) < 4.78 is 88.1. The van der Waals surface area contributed by atoms with Crippen LogP contribution in [0.5, 0.6) is 0 Å². The molecular weight excluding hydrogens is 1320 g/mol. The van der Waals surface area contributed by atoms with Crippen molar-refractivity contribution in [1.29, 1.82) is 0 Å². The Hall–Kier alpha value is -2.95. The zero-order valence-corrected chi connectivity index (χ0v) is 55.1. The van der Waals surface area contributed by atoms with Gasteiger partial charge in [0.15, 0.2) is 37.7 Å². The minimum atomic E-state index is -3.18. The number of aliphatic carboxylic acids is 1. The van der Waals surface area contributed by atoms with E-state index in [-0.39, 0.29) is 6.54 Å². The molecule has 33 atom stereocenters. The summed E-state index contributed by atoms with van der Waals surface area (Å²) in [4.78, 5) is 38.6. The summed E-state index contributed by atoms with van der Waals surface area (Å²) in [6.45, 7) is 3.00. The number of ether oxygens (including phenoxy) is 15. The molecule has 0 aromatic carbocycles. The zero-order chi connectivity index (χ0) is 72.7. The largest absolute Gasteiger partial charge is 0.544 e. The minimum absolute atomic E-state index is 0.321. The van der Waals surface area contributed by atoms with Crippen LogP contribution in [0, 0.1) is 0 Å². The third-order valence-electron chi connectivity index (χ3n) is 17.9. The van der Waals surface area contributed by atoms with Crippen LogP contribution in [-0.2, 0) is 85.4 Å². The van der Waals surface area contributed by atoms with Crippen molar-refractivity contribution in [3.8, 4) is 0 Å². The Balaban J connectivity index is 1.32. The second kappa shape index (κ2) is 35.0. The van der Waals surface area contributed by atoms with Crippen molar-refractivity contribution >= 4 is 17.8 Å². The molecule has 0 radical (unpaired) electrons. The van der Waals surface area contributed by atoms with Crippen molar-refractivity contribution in [3.05, 3.63) is 0 Å². The third kappa shape index (κ3) is 18.5. The predicted molar refractivity (Wildman–Crippen MR) is 310 cm³/mol. The van der Waals surface area contributed by atoms with E-state index >= 15 is 0 Å². The average Bonchev–Trinajstić information content (AvgIpc) is 0.751. The summed E-state index contributed by atoms with van der Waals surface area (Å²) in [5.41, 5.74) is -5.51. The predicted octanol–water partition coefficient (Wildman–Crippen LogP) is -13.4. The maximum atomic E-state index is 13.2. The van der Waals surface area contributed by atoms with E-state index in [1.54, 1.807) is 20.8 Å². The number of β-amino-alcohol motifs (C(OH)–C–C–N with tert-alkyl or cyclic N) is 1. The minimum Gasteiger partial charge on any atom is -0.544 e. The Labute approximate surface area is 556 Å². The number of aliphatic hydroxyl groups excluding tert-OH is 17. The summed E-state index contributed by atoms with van der Waals surface area (Å²) in [5.74, 6) is -7.05. The fourth-order valence-corrected chi connectivity index (χ4v) is 12.6. The van der Waals surface area contributed by atoms with Gasteiger partial charge in [-0.25, -0.2) is 0 Å². The van der Waals surface area contributed by atoms with Crippen LogP contribution >= 0.6 is 0 Å². The SMILES string of the molecule is COC(OC)[C@@H](O)C(C)(O)[C@@H](CCO)O[C@@H]1OC(CO)[C@H](O[C@H]2OC(CO)[C@@H](OC)C(C)(O[C@@H]3OC(CO)[C@@H](O[C@@H]4OC(CO)[C@H](O)[C@H](O[C@@]5(C(=O)[O-])C[C@@H](O)[C@H](NC(C)=O)C(C(O)CNC(C)(C)C)O5)C4O)[C@H](O)C3NC(C)=O)[C@@H]2O)[C@H](O[C@@H]2OC(CO)[C@@H](O)[C@H](O)C2O)C1O. The van der Waals surface area contributed by atoms with Gasteiger partial charge in [-0.2, -0.15) is 0 Å². The van der Waals surface area contributed by atoms with E-state index in [1.807, 2.05) is 0 Å². The topological polar surface area (TPSA) is 613 Å². The Bertz CT molecular complexity index is 2460. The van der Waals surface area contributed by atoms with Crippen molar-refractivity contribution in [1.82, 2.24) is 16.0 Å². The summed E-state index contributed by atoms with van der Waals surface area (Å²) in [5, 5.41) is 223. The number of carbonyl (C=O) groups is 3. The summed E-state index contributed by atoms with van der Waals surface area (Å²) in [6.07, 6.45) is -59.6. The molecule has 6 rings (SSSR count). The molecule has 0 aromatic heterocycles. The van der Waals surface area contributed by atoms with E-state index in [1.165, 1.54) is 0 Å². The molecule has 2 amide bonds. The first-order valence-electron chi connectivity index (χ1n) is 31.3. The lowest BCUT2D eigenvalue weighted by Gasteiger charge is -2.55. The van der Waals surface area contributed by atoms with Crippen LogP contribution in [0.15, 0.2) is 0 Å². The second-order valence-electron chi connectivity index (χ2n) is 26.0. The number of carboxylic acids is 1. The van der Waals surface area contributed by atoms with Crippen molar-refractivity contribution in [2.45, 2.75) is 274 Å². The Morgan fingerprint density at radius 2 is 1.08 bits per heavy atom. The molecule has 0 aliphatic carbocycles. The van der Waals surface area contributed by atoms with Crippen molar-refractivity contribution in [2.75, 3.05) is 67.5 Å². The van der Waals surface area contributed by atoms with E-state index in [2.05, 4.69) is 16.0 Å². The molecule has 6 aliphatic heterocycles. The lowest BCUT2D eigenvalue weighted by atomic mass is 9.84. The van der Waals surface area contributed by atoms with Crippen LogP contribution in [0.3, 0.4) is 0 Å². The molecule has 13 unspecified atom stereocenters. The van der Waals surface area contributed by atoms with Crippen LogP contribution in [0.1, 0.15) is 61.3 Å². The highest BCUT2D eigenvalue weighted by Gasteiger charge is 2.63. The molecule has 566 valence electrons. The molecule has 0 aromatic rings. The Kier molecular flexibility index (Phi) is 30.0. The zero-order valence-electron chi connectivity index (χ0n) is 55.1. The number of amides is 2. The molecule has 0 saturated carbocycles. The summed E-state index contributed by atoms with van der Waals surface area (Å²) in [6, 6.07) is -3.40. The maximum absolute atomic E-state index is 13.2. The third-order valence-corrected chi connectivity index (χ3v) is 17.9. The normalized spacial score (nSPS) is 43.1. The smallest absolute Gasteiger partial charge is 0.217 e. The first kappa shape index (κ1) is 83.0. The standard InChI is InChI=1S/C57H101N3O37/c1-20(67)59-30-22(69)13-57(53(80)81,95-39(30)23(70)14-58-54(3,4)5)96-42-33(72)25(16-63)87-50(37(42)76)92-40-26(17-64)88-47(31(34(40)73)60-21(2)68)97-56(7)45(79)52(90-28(19-66)46(56)83-8)93-41-27(18-65)89-49(91-29(11-12-61)55(6,82)44(78)51(84-9)85-10)38(77)43(41)94-48-36(75)35(74)32(71)24(15-62)86-48/h22-52,58,61-66,69-79,82H,11-19H2,1-10H3,(H,59,67)(H,60,68)(H,80,81)/p-1/t22-,23?,24?,25?,26?,27?,28?,29-,30+,31?,32-,33+,34-,35+,36?,37?,38?,39?,40-,41+,42+,43-,44-,45-,46-,47+,48+,49+,50+,52-,55?,56?,57-/m1/s1. The van der Waals surface area contributed by atoms with Gasteiger partial charge in [-0.1, -0.05) is 0 Å². The van der Waals surface area contributed by atoms with E-state index in [0.29, 0.717) is 0 Å². The van der Waals surface area contributed by atoms with E-state index in [0.717, 1.165) is 49.0 Å². The lowest BCUT2D eigenvalue weighted by molar-refractivity contribution is -0.417. The Morgan fingerprint density at radius 3 is 1.61 bits per heavy atom. The number of hydrogen-bond donors (Lipinski definition) is 21. The monoisotopic (exact) mass is 1420 g/mol. The molecule has 0 bridgehead atoms. The highest BCUT2D eigenvalue weighted by Crippen LogP contribution is 2.43. The van der Waals surface area contributed by atoms with Gasteiger partial charge in [-0.3, -0.25) is 9.59 Å². The molecule has 6 saturated heterocycles. The molecule has 97 heavy (non-hydrogen) atoms. The second-order valence-corrected chi connectivity index (χ2v) is 26.0.